The molecule has 0 aliphatic carbocycles. The lowest BCUT2D eigenvalue weighted by atomic mass is 9.85. The number of pyridine rings is 1. The van der Waals surface area contributed by atoms with Crippen molar-refractivity contribution >= 4 is 16.8 Å². The molecule has 2 heterocycles. The summed E-state index contributed by atoms with van der Waals surface area (Å²) in [5.74, 6) is -0.228. The highest BCUT2D eigenvalue weighted by molar-refractivity contribution is 6.04. The molecule has 0 atom stereocenters. The lowest BCUT2D eigenvalue weighted by Crippen LogP contribution is -2.41. The fraction of sp³-hybridized carbons (Fsp3) is 0.500. The first kappa shape index (κ1) is 15.4. The average Bonchev–Trinajstić information content (AvgIpc) is 2.34. The number of hydrogen-bond acceptors (Lipinski definition) is 4. The molecule has 5 heteroatoms. The van der Waals surface area contributed by atoms with Gasteiger partial charge in [-0.25, -0.2) is 4.98 Å². The molecule has 1 amide bonds. The van der Waals surface area contributed by atoms with E-state index in [1.807, 2.05) is 26.8 Å². The van der Waals surface area contributed by atoms with Crippen LogP contribution in [0.1, 0.15) is 57.6 Å². The molecule has 1 N–H and O–H groups in total. The van der Waals surface area contributed by atoms with Gasteiger partial charge in [0.15, 0.2) is 5.69 Å². The summed E-state index contributed by atoms with van der Waals surface area (Å²) in [4.78, 5) is 16.7. The molecular formula is C16H22N4O. The fourth-order valence-corrected chi connectivity index (χ4v) is 2.15. The van der Waals surface area contributed by atoms with Crippen LogP contribution in [0.15, 0.2) is 18.5 Å². The molecule has 0 saturated heterocycles. The van der Waals surface area contributed by atoms with Gasteiger partial charge < -0.3 is 5.32 Å². The van der Waals surface area contributed by atoms with Crippen molar-refractivity contribution in [3.8, 4) is 0 Å². The SMILES string of the molecule is CC(C)(C)NC(=O)c1ncc(C(C)(C)C)c2ccnnc12. The summed E-state index contributed by atoms with van der Waals surface area (Å²) in [5, 5.41) is 11.9. The van der Waals surface area contributed by atoms with Crippen LogP contribution in [0.2, 0.25) is 0 Å². The third-order valence-electron chi connectivity index (χ3n) is 3.07. The molecule has 5 nitrogen and oxygen atoms in total. The van der Waals surface area contributed by atoms with Crippen LogP contribution in [-0.2, 0) is 5.41 Å². The maximum Gasteiger partial charge on any atom is 0.272 e. The first-order valence-electron chi connectivity index (χ1n) is 7.03. The summed E-state index contributed by atoms with van der Waals surface area (Å²) < 4.78 is 0. The molecule has 0 bridgehead atoms. The van der Waals surface area contributed by atoms with Gasteiger partial charge in [0.25, 0.3) is 5.91 Å². The Morgan fingerprint density at radius 1 is 1.14 bits per heavy atom. The highest BCUT2D eigenvalue weighted by Gasteiger charge is 2.24. The van der Waals surface area contributed by atoms with Crippen LogP contribution in [0.25, 0.3) is 10.9 Å². The minimum atomic E-state index is -0.323. The molecule has 2 rings (SSSR count). The molecule has 0 saturated carbocycles. The number of nitrogens with one attached hydrogen (secondary N) is 1. The molecule has 2 aromatic rings. The molecule has 0 unspecified atom stereocenters. The number of rotatable bonds is 1. The third kappa shape index (κ3) is 3.35. The monoisotopic (exact) mass is 286 g/mol. The van der Waals surface area contributed by atoms with Crippen molar-refractivity contribution in [1.29, 1.82) is 0 Å². The normalized spacial score (nSPS) is 12.5. The number of amides is 1. The predicted octanol–water partition coefficient (Wildman–Crippen LogP) is 2.85. The van der Waals surface area contributed by atoms with Crippen molar-refractivity contribution in [3.05, 3.63) is 29.7 Å². The van der Waals surface area contributed by atoms with E-state index in [-0.39, 0.29) is 16.9 Å². The largest absolute Gasteiger partial charge is 0.346 e. The van der Waals surface area contributed by atoms with E-state index >= 15 is 0 Å². The Labute approximate surface area is 125 Å². The summed E-state index contributed by atoms with van der Waals surface area (Å²) in [6.45, 7) is 12.1. The van der Waals surface area contributed by atoms with Gasteiger partial charge in [0.05, 0.1) is 6.20 Å². The molecule has 0 fully saturated rings. The third-order valence-corrected chi connectivity index (χ3v) is 3.07. The lowest BCUT2D eigenvalue weighted by Gasteiger charge is -2.23. The van der Waals surface area contributed by atoms with E-state index in [1.165, 1.54) is 0 Å². The fourth-order valence-electron chi connectivity index (χ4n) is 2.15. The van der Waals surface area contributed by atoms with E-state index in [9.17, 15) is 4.79 Å². The Morgan fingerprint density at radius 3 is 2.38 bits per heavy atom. The number of nitrogens with zero attached hydrogens (tertiary/aromatic N) is 3. The highest BCUT2D eigenvalue weighted by Crippen LogP contribution is 2.29. The van der Waals surface area contributed by atoms with Crippen molar-refractivity contribution in [3.63, 3.8) is 0 Å². The van der Waals surface area contributed by atoms with Gasteiger partial charge in [0.2, 0.25) is 0 Å². The molecular weight excluding hydrogens is 264 g/mol. The molecule has 2 aromatic heterocycles. The maximum atomic E-state index is 12.4. The molecule has 21 heavy (non-hydrogen) atoms. The van der Waals surface area contributed by atoms with Crippen molar-refractivity contribution in [2.75, 3.05) is 0 Å². The van der Waals surface area contributed by atoms with Crippen molar-refractivity contribution in [1.82, 2.24) is 20.5 Å². The number of fused-ring (bicyclic) bond motifs is 1. The molecule has 112 valence electrons. The Hall–Kier alpha value is -2.04. The Balaban J connectivity index is 2.61. The summed E-state index contributed by atoms with van der Waals surface area (Å²) in [7, 11) is 0. The number of aromatic nitrogens is 3. The van der Waals surface area contributed by atoms with Gasteiger partial charge in [0, 0.05) is 17.1 Å². The van der Waals surface area contributed by atoms with Gasteiger partial charge in [0.1, 0.15) is 5.52 Å². The maximum absolute atomic E-state index is 12.4. The second-order valence-corrected chi connectivity index (χ2v) is 7.27. The summed E-state index contributed by atoms with van der Waals surface area (Å²) in [6.07, 6.45) is 3.41. The van der Waals surface area contributed by atoms with Crippen LogP contribution < -0.4 is 5.32 Å². The molecule has 0 radical (unpaired) electrons. The summed E-state index contributed by atoms with van der Waals surface area (Å²) in [6, 6.07) is 1.89. The predicted molar refractivity (Wildman–Crippen MR) is 83.3 cm³/mol. The molecule has 0 aliphatic heterocycles. The summed E-state index contributed by atoms with van der Waals surface area (Å²) in [5.41, 5.74) is 1.52. The van der Waals surface area contributed by atoms with Gasteiger partial charge in [-0.2, -0.15) is 5.10 Å². The average molecular weight is 286 g/mol. The second kappa shape index (κ2) is 5.06. The smallest absolute Gasteiger partial charge is 0.272 e. The number of carbonyl (C=O) groups is 1. The Morgan fingerprint density at radius 2 is 1.81 bits per heavy atom. The van der Waals surface area contributed by atoms with Gasteiger partial charge in [-0.3, -0.25) is 4.79 Å². The molecule has 0 spiro atoms. The highest BCUT2D eigenvalue weighted by atomic mass is 16.2. The Kier molecular flexibility index (Phi) is 3.70. The van der Waals surface area contributed by atoms with Gasteiger partial charge >= 0.3 is 0 Å². The lowest BCUT2D eigenvalue weighted by molar-refractivity contribution is 0.0916. The summed E-state index contributed by atoms with van der Waals surface area (Å²) >= 11 is 0. The van der Waals surface area contributed by atoms with Gasteiger partial charge in [-0.1, -0.05) is 20.8 Å². The van der Waals surface area contributed by atoms with Crippen LogP contribution in [0, 0.1) is 0 Å². The van der Waals surface area contributed by atoms with Crippen molar-refractivity contribution in [2.24, 2.45) is 0 Å². The van der Waals surface area contributed by atoms with Crippen molar-refractivity contribution in [2.45, 2.75) is 52.5 Å². The Bertz CT molecular complexity index is 681. The standard InChI is InChI=1S/C16H22N4O/c1-15(2,3)11-9-17-13(14(21)19-16(4,5)6)12-10(11)7-8-18-20-12/h7-9H,1-6H3,(H,19,21). The van der Waals surface area contributed by atoms with Crippen LogP contribution in [0.4, 0.5) is 0 Å². The van der Waals surface area contributed by atoms with Crippen LogP contribution in [0.5, 0.6) is 0 Å². The van der Waals surface area contributed by atoms with E-state index < -0.39 is 0 Å². The second-order valence-electron chi connectivity index (χ2n) is 7.27. The molecule has 0 aromatic carbocycles. The topological polar surface area (TPSA) is 67.8 Å². The van der Waals surface area contributed by atoms with Crippen LogP contribution in [0.3, 0.4) is 0 Å². The van der Waals surface area contributed by atoms with Crippen molar-refractivity contribution < 1.29 is 4.79 Å². The van der Waals surface area contributed by atoms with Crippen LogP contribution >= 0.6 is 0 Å². The zero-order chi connectivity index (χ0) is 15.8. The number of hydrogen-bond donors (Lipinski definition) is 1. The van der Waals surface area contributed by atoms with Gasteiger partial charge in [-0.05, 0) is 37.8 Å². The quantitative estimate of drug-likeness (QED) is 0.875. The van der Waals surface area contributed by atoms with E-state index in [0.29, 0.717) is 11.2 Å². The minimum absolute atomic E-state index is 0.0761. The first-order chi connectivity index (χ1) is 9.59. The zero-order valence-corrected chi connectivity index (χ0v) is 13.5. The van der Waals surface area contributed by atoms with E-state index in [4.69, 9.17) is 0 Å². The van der Waals surface area contributed by atoms with E-state index in [2.05, 4.69) is 41.3 Å². The minimum Gasteiger partial charge on any atom is -0.346 e. The van der Waals surface area contributed by atoms with E-state index in [0.717, 1.165) is 10.9 Å². The zero-order valence-electron chi connectivity index (χ0n) is 13.5. The van der Waals surface area contributed by atoms with E-state index in [1.54, 1.807) is 12.4 Å². The van der Waals surface area contributed by atoms with Crippen LogP contribution in [-0.4, -0.2) is 26.6 Å². The first-order valence-corrected chi connectivity index (χ1v) is 7.03. The van der Waals surface area contributed by atoms with Gasteiger partial charge in [-0.15, -0.1) is 5.10 Å². The molecule has 0 aliphatic rings. The number of carbonyl (C=O) groups excluding carboxylic acids is 1.